The molecule has 2 aromatic rings. The lowest BCUT2D eigenvalue weighted by Crippen LogP contribution is -2.04. The van der Waals surface area contributed by atoms with E-state index in [1.807, 2.05) is 6.92 Å². The van der Waals surface area contributed by atoms with E-state index in [1.54, 1.807) is 24.3 Å². The molecule has 0 saturated heterocycles. The molecule has 0 aliphatic heterocycles. The van der Waals surface area contributed by atoms with Crippen molar-refractivity contribution in [1.29, 1.82) is 0 Å². The number of benzene rings is 2. The number of hydrogen-bond donors (Lipinski definition) is 0. The standard InChI is InChI=1S/C15H12ClFO2/c1-2-19-12-5-3-4-10(8-12)15(18)13-7-6-11(16)9-14(13)17/h3-9H,2H2,1H3. The Hall–Kier alpha value is -1.87. The highest BCUT2D eigenvalue weighted by Gasteiger charge is 2.14. The first-order valence-corrected chi connectivity index (χ1v) is 6.22. The third-order valence-electron chi connectivity index (χ3n) is 2.58. The van der Waals surface area contributed by atoms with Crippen LogP contribution in [0.3, 0.4) is 0 Å². The molecule has 0 saturated carbocycles. The number of carbonyl (C=O) groups excluding carboxylic acids is 1. The molecule has 0 fully saturated rings. The molecule has 2 nitrogen and oxygen atoms in total. The van der Waals surface area contributed by atoms with E-state index in [4.69, 9.17) is 16.3 Å². The molecule has 0 spiro atoms. The highest BCUT2D eigenvalue weighted by atomic mass is 35.5. The fourth-order valence-corrected chi connectivity index (χ4v) is 1.88. The molecule has 0 aliphatic rings. The van der Waals surface area contributed by atoms with Crippen LogP contribution in [0.1, 0.15) is 22.8 Å². The lowest BCUT2D eigenvalue weighted by molar-refractivity contribution is 0.103. The summed E-state index contributed by atoms with van der Waals surface area (Å²) < 4.78 is 19.0. The first-order chi connectivity index (χ1) is 9.11. The number of carbonyl (C=O) groups is 1. The number of ether oxygens (including phenoxy) is 1. The van der Waals surface area contributed by atoms with Crippen molar-refractivity contribution in [3.05, 3.63) is 64.4 Å². The first kappa shape index (κ1) is 13.6. The van der Waals surface area contributed by atoms with Crippen LogP contribution >= 0.6 is 11.6 Å². The van der Waals surface area contributed by atoms with Crippen molar-refractivity contribution in [3.8, 4) is 5.75 Å². The maximum Gasteiger partial charge on any atom is 0.196 e. The number of halogens is 2. The first-order valence-electron chi connectivity index (χ1n) is 5.84. The van der Waals surface area contributed by atoms with Gasteiger partial charge in [0.25, 0.3) is 0 Å². The molecular weight excluding hydrogens is 267 g/mol. The molecule has 0 unspecified atom stereocenters. The predicted molar refractivity (Wildman–Crippen MR) is 72.5 cm³/mol. The fraction of sp³-hybridized carbons (Fsp3) is 0.133. The largest absolute Gasteiger partial charge is 0.494 e. The summed E-state index contributed by atoms with van der Waals surface area (Å²) in [5, 5.41) is 0.261. The van der Waals surface area contributed by atoms with Crippen LogP contribution in [0, 0.1) is 5.82 Å². The second-order valence-electron chi connectivity index (χ2n) is 3.91. The van der Waals surface area contributed by atoms with Crippen LogP contribution in [-0.4, -0.2) is 12.4 Å². The quantitative estimate of drug-likeness (QED) is 0.787. The predicted octanol–water partition coefficient (Wildman–Crippen LogP) is 4.11. The lowest BCUT2D eigenvalue weighted by Gasteiger charge is -2.06. The molecule has 0 atom stereocenters. The normalized spacial score (nSPS) is 10.3. The summed E-state index contributed by atoms with van der Waals surface area (Å²) in [5.74, 6) is -0.433. The van der Waals surface area contributed by atoms with E-state index in [0.29, 0.717) is 17.9 Å². The zero-order valence-electron chi connectivity index (χ0n) is 10.3. The van der Waals surface area contributed by atoms with Gasteiger partial charge in [0, 0.05) is 10.6 Å². The maximum atomic E-state index is 13.7. The average Bonchev–Trinajstić information content (AvgIpc) is 2.39. The van der Waals surface area contributed by atoms with Crippen LogP contribution in [0.5, 0.6) is 5.75 Å². The van der Waals surface area contributed by atoms with E-state index < -0.39 is 11.6 Å². The Kier molecular flexibility index (Phi) is 4.17. The third-order valence-corrected chi connectivity index (χ3v) is 2.82. The van der Waals surface area contributed by atoms with Gasteiger partial charge in [0.1, 0.15) is 11.6 Å². The van der Waals surface area contributed by atoms with Gasteiger partial charge in [0.15, 0.2) is 5.78 Å². The summed E-state index contributed by atoms with van der Waals surface area (Å²) in [4.78, 5) is 12.2. The monoisotopic (exact) mass is 278 g/mol. The Balaban J connectivity index is 2.35. The van der Waals surface area contributed by atoms with E-state index >= 15 is 0 Å². The van der Waals surface area contributed by atoms with Crippen LogP contribution in [-0.2, 0) is 0 Å². The molecule has 2 aromatic carbocycles. The van der Waals surface area contributed by atoms with Crippen LogP contribution in [0.15, 0.2) is 42.5 Å². The van der Waals surface area contributed by atoms with Crippen LogP contribution in [0.25, 0.3) is 0 Å². The lowest BCUT2D eigenvalue weighted by atomic mass is 10.0. The zero-order chi connectivity index (χ0) is 13.8. The van der Waals surface area contributed by atoms with Crippen molar-refractivity contribution in [3.63, 3.8) is 0 Å². The average molecular weight is 279 g/mol. The van der Waals surface area contributed by atoms with Gasteiger partial charge in [-0.15, -0.1) is 0 Å². The van der Waals surface area contributed by atoms with Crippen LogP contribution in [0.2, 0.25) is 5.02 Å². The Labute approximate surface area is 115 Å². The SMILES string of the molecule is CCOc1cccc(C(=O)c2ccc(Cl)cc2F)c1. The summed E-state index contributed by atoms with van der Waals surface area (Å²) in [5.41, 5.74) is 0.380. The van der Waals surface area contributed by atoms with Crippen molar-refractivity contribution in [2.45, 2.75) is 6.92 Å². The Bertz CT molecular complexity index is 611. The molecule has 0 bridgehead atoms. The van der Waals surface area contributed by atoms with Crippen molar-refractivity contribution in [2.75, 3.05) is 6.61 Å². The summed E-state index contributed by atoms with van der Waals surface area (Å²) >= 11 is 5.66. The number of rotatable bonds is 4. The van der Waals surface area contributed by atoms with Gasteiger partial charge in [0.2, 0.25) is 0 Å². The van der Waals surface area contributed by atoms with E-state index in [0.717, 1.165) is 6.07 Å². The Morgan fingerprint density at radius 1 is 1.26 bits per heavy atom. The smallest absolute Gasteiger partial charge is 0.196 e. The van der Waals surface area contributed by atoms with Gasteiger partial charge >= 0.3 is 0 Å². The second-order valence-corrected chi connectivity index (χ2v) is 4.35. The van der Waals surface area contributed by atoms with Gasteiger partial charge in [-0.05, 0) is 37.3 Å². The minimum atomic E-state index is -0.626. The van der Waals surface area contributed by atoms with Crippen molar-refractivity contribution in [2.24, 2.45) is 0 Å². The summed E-state index contributed by atoms with van der Waals surface area (Å²) in [7, 11) is 0. The van der Waals surface area contributed by atoms with E-state index in [1.165, 1.54) is 12.1 Å². The molecule has 0 aliphatic carbocycles. The molecule has 0 amide bonds. The van der Waals surface area contributed by atoms with Gasteiger partial charge in [0.05, 0.1) is 12.2 Å². The Morgan fingerprint density at radius 2 is 2.05 bits per heavy atom. The molecule has 2 rings (SSSR count). The molecule has 0 aromatic heterocycles. The minimum absolute atomic E-state index is 0.00181. The summed E-state index contributed by atoms with van der Waals surface area (Å²) in [6.07, 6.45) is 0. The molecule has 0 heterocycles. The van der Waals surface area contributed by atoms with Gasteiger partial charge < -0.3 is 4.74 Å². The van der Waals surface area contributed by atoms with Gasteiger partial charge in [-0.1, -0.05) is 23.7 Å². The van der Waals surface area contributed by atoms with Crippen molar-refractivity contribution in [1.82, 2.24) is 0 Å². The van der Waals surface area contributed by atoms with Crippen molar-refractivity contribution >= 4 is 17.4 Å². The van der Waals surface area contributed by atoms with Gasteiger partial charge in [-0.3, -0.25) is 4.79 Å². The Morgan fingerprint density at radius 3 is 2.74 bits per heavy atom. The maximum absolute atomic E-state index is 13.7. The molecular formula is C15H12ClFO2. The van der Waals surface area contributed by atoms with Crippen molar-refractivity contribution < 1.29 is 13.9 Å². The van der Waals surface area contributed by atoms with E-state index in [2.05, 4.69) is 0 Å². The zero-order valence-corrected chi connectivity index (χ0v) is 11.1. The molecule has 4 heteroatoms. The molecule has 0 N–H and O–H groups in total. The fourth-order valence-electron chi connectivity index (χ4n) is 1.72. The summed E-state index contributed by atoms with van der Waals surface area (Å²) in [6.45, 7) is 2.36. The van der Waals surface area contributed by atoms with E-state index in [9.17, 15) is 9.18 Å². The molecule has 19 heavy (non-hydrogen) atoms. The number of ketones is 1. The third kappa shape index (κ3) is 3.12. The number of hydrogen-bond acceptors (Lipinski definition) is 2. The molecule has 0 radical (unpaired) electrons. The highest BCUT2D eigenvalue weighted by molar-refractivity contribution is 6.30. The molecule has 98 valence electrons. The van der Waals surface area contributed by atoms with Gasteiger partial charge in [-0.2, -0.15) is 0 Å². The van der Waals surface area contributed by atoms with Crippen LogP contribution < -0.4 is 4.74 Å². The van der Waals surface area contributed by atoms with Crippen LogP contribution in [0.4, 0.5) is 4.39 Å². The van der Waals surface area contributed by atoms with E-state index in [-0.39, 0.29) is 10.6 Å². The van der Waals surface area contributed by atoms with Gasteiger partial charge in [-0.25, -0.2) is 4.39 Å². The highest BCUT2D eigenvalue weighted by Crippen LogP contribution is 2.20. The topological polar surface area (TPSA) is 26.3 Å². The summed E-state index contributed by atoms with van der Waals surface area (Å²) in [6, 6.07) is 10.7. The second kappa shape index (κ2) is 5.85. The minimum Gasteiger partial charge on any atom is -0.494 e.